The first-order chi connectivity index (χ1) is 12.7. The van der Waals surface area contributed by atoms with Gasteiger partial charge >= 0.3 is 0 Å². The van der Waals surface area contributed by atoms with Crippen molar-refractivity contribution in [3.8, 4) is 17.2 Å². The first-order valence-electron chi connectivity index (χ1n) is 7.80. The fourth-order valence-electron chi connectivity index (χ4n) is 2.77. The van der Waals surface area contributed by atoms with Crippen molar-refractivity contribution in [3.63, 3.8) is 0 Å². The van der Waals surface area contributed by atoms with Crippen LogP contribution in [0.1, 0.15) is 11.1 Å². The van der Waals surface area contributed by atoms with Gasteiger partial charge in [-0.15, -0.1) is 0 Å². The summed E-state index contributed by atoms with van der Waals surface area (Å²) in [4.78, 5) is -0.328. The predicted molar refractivity (Wildman–Crippen MR) is 101 cm³/mol. The van der Waals surface area contributed by atoms with Crippen molar-refractivity contribution in [2.45, 2.75) is 4.90 Å². The largest absolute Gasteiger partial charge is 0.507 e. The highest BCUT2D eigenvalue weighted by molar-refractivity contribution is 7.86. The van der Waals surface area contributed by atoms with Gasteiger partial charge in [0.2, 0.25) is 0 Å². The number of phenols is 3. The van der Waals surface area contributed by atoms with Crippen molar-refractivity contribution in [2.75, 3.05) is 0 Å². The highest BCUT2D eigenvalue weighted by Gasteiger charge is 2.20. The van der Waals surface area contributed by atoms with Gasteiger partial charge in [-0.1, -0.05) is 43.0 Å². The topological polar surface area (TPSA) is 115 Å². The number of aromatic hydroxyl groups is 3. The summed E-state index contributed by atoms with van der Waals surface area (Å²) in [7, 11) is -4.54. The first kappa shape index (κ1) is 18.5. The van der Waals surface area contributed by atoms with Gasteiger partial charge in [0.25, 0.3) is 10.1 Å². The zero-order chi connectivity index (χ0) is 19.8. The van der Waals surface area contributed by atoms with Gasteiger partial charge in [0.05, 0.1) is 0 Å². The average molecular weight is 384 g/mol. The molecule has 0 radical (unpaired) electrons. The molecule has 0 saturated heterocycles. The van der Waals surface area contributed by atoms with E-state index in [-0.39, 0.29) is 22.0 Å². The third-order valence-electron chi connectivity index (χ3n) is 4.07. The zero-order valence-electron chi connectivity index (χ0n) is 14.0. The van der Waals surface area contributed by atoms with Crippen molar-refractivity contribution in [2.24, 2.45) is 0 Å². The molecule has 0 atom stereocenters. The molecule has 27 heavy (non-hydrogen) atoms. The molecule has 0 bridgehead atoms. The summed E-state index contributed by atoms with van der Waals surface area (Å²) in [5, 5.41) is 30.3. The van der Waals surface area contributed by atoms with Gasteiger partial charge in [-0.25, -0.2) is 0 Å². The van der Waals surface area contributed by atoms with Crippen LogP contribution in [0.4, 0.5) is 0 Å². The lowest BCUT2D eigenvalue weighted by Crippen LogP contribution is -2.14. The molecule has 0 unspecified atom stereocenters. The molecule has 0 aliphatic rings. The molecule has 6 nitrogen and oxygen atoms in total. The third-order valence-corrected chi connectivity index (χ3v) is 4.98. The van der Waals surface area contributed by atoms with Crippen LogP contribution in [-0.4, -0.2) is 28.3 Å². The lowest BCUT2D eigenvalue weighted by atomic mass is 9.95. The highest BCUT2D eigenvalue weighted by Crippen LogP contribution is 2.32. The van der Waals surface area contributed by atoms with Gasteiger partial charge < -0.3 is 15.3 Å². The minimum Gasteiger partial charge on any atom is -0.507 e. The summed E-state index contributed by atoms with van der Waals surface area (Å²) >= 11 is 0. The van der Waals surface area contributed by atoms with E-state index in [0.29, 0.717) is 21.6 Å². The molecule has 3 aromatic carbocycles. The summed E-state index contributed by atoms with van der Waals surface area (Å²) in [6.45, 7) is 3.68. The van der Waals surface area contributed by atoms with Crippen molar-refractivity contribution in [1.29, 1.82) is 0 Å². The van der Waals surface area contributed by atoms with E-state index in [1.165, 1.54) is 42.5 Å². The molecule has 0 saturated carbocycles. The van der Waals surface area contributed by atoms with Crippen LogP contribution in [0.2, 0.25) is 0 Å². The van der Waals surface area contributed by atoms with E-state index in [0.717, 1.165) is 0 Å². The molecule has 3 aromatic rings. The normalized spacial score (nSPS) is 12.6. The molecular weight excluding hydrogens is 368 g/mol. The molecule has 0 amide bonds. The Hall–Kier alpha value is -3.29. The molecule has 138 valence electrons. The summed E-state index contributed by atoms with van der Waals surface area (Å²) in [6, 6.07) is 14.4. The summed E-state index contributed by atoms with van der Waals surface area (Å²) in [6.07, 6.45) is 0. The molecule has 0 fully saturated rings. The SMILES string of the molecule is C=c1cc/c(=C(/c2ccc(O)c(O)c2)c2ccccc2S(=O)(=O)O)cc1O. The van der Waals surface area contributed by atoms with Crippen molar-refractivity contribution < 1.29 is 28.3 Å². The third kappa shape index (κ3) is 3.64. The second-order valence-corrected chi connectivity index (χ2v) is 7.28. The van der Waals surface area contributed by atoms with Crippen molar-refractivity contribution >= 4 is 22.3 Å². The van der Waals surface area contributed by atoms with Crippen LogP contribution >= 0.6 is 0 Å². The Balaban J connectivity index is 2.49. The van der Waals surface area contributed by atoms with E-state index < -0.39 is 15.9 Å². The quantitative estimate of drug-likeness (QED) is 0.404. The number of phenolic OH excluding ortho intramolecular Hbond substituents is 3. The van der Waals surface area contributed by atoms with E-state index in [4.69, 9.17) is 0 Å². The maximum atomic E-state index is 11.9. The van der Waals surface area contributed by atoms with Crippen LogP contribution in [-0.2, 0) is 10.1 Å². The van der Waals surface area contributed by atoms with Gasteiger partial charge in [0, 0.05) is 10.8 Å². The van der Waals surface area contributed by atoms with Crippen LogP contribution < -0.4 is 10.4 Å². The molecular formula is C20H16O6S. The molecule has 0 heterocycles. The summed E-state index contributed by atoms with van der Waals surface area (Å²) in [5.74, 6) is -0.832. The second-order valence-electron chi connectivity index (χ2n) is 5.89. The van der Waals surface area contributed by atoms with Crippen molar-refractivity contribution in [1.82, 2.24) is 0 Å². The van der Waals surface area contributed by atoms with E-state index in [2.05, 4.69) is 6.58 Å². The lowest BCUT2D eigenvalue weighted by molar-refractivity contribution is 0.403. The first-order valence-corrected chi connectivity index (χ1v) is 9.24. The van der Waals surface area contributed by atoms with E-state index in [1.807, 2.05) is 0 Å². The molecule has 0 spiro atoms. The highest BCUT2D eigenvalue weighted by atomic mass is 32.2. The molecule has 7 heteroatoms. The summed E-state index contributed by atoms with van der Waals surface area (Å²) in [5.41, 5.74) is 0.868. The Kier molecular flexibility index (Phi) is 4.65. The van der Waals surface area contributed by atoms with Gasteiger partial charge in [0.15, 0.2) is 11.5 Å². The standard InChI is InChI=1S/C20H16O6S/c1-12-6-7-13(10-17(12)22)20(14-8-9-16(21)18(23)11-14)15-4-2-3-5-19(15)27(24,25)26/h2-11,21-23H,1H2,(H,24,25,26)/b20-13+. The monoisotopic (exact) mass is 384 g/mol. The van der Waals surface area contributed by atoms with Crippen LogP contribution in [0.15, 0.2) is 65.6 Å². The van der Waals surface area contributed by atoms with Crippen LogP contribution in [0.5, 0.6) is 17.2 Å². The van der Waals surface area contributed by atoms with Gasteiger partial charge in [-0.3, -0.25) is 4.55 Å². The van der Waals surface area contributed by atoms with E-state index >= 15 is 0 Å². The second kappa shape index (κ2) is 6.79. The van der Waals surface area contributed by atoms with Gasteiger partial charge in [-0.05, 0) is 40.6 Å². The lowest BCUT2D eigenvalue weighted by Gasteiger charge is -2.13. The number of hydrogen-bond donors (Lipinski definition) is 4. The summed E-state index contributed by atoms with van der Waals surface area (Å²) < 4.78 is 33.3. The Morgan fingerprint density at radius 3 is 2.15 bits per heavy atom. The molecule has 0 aromatic heterocycles. The minimum atomic E-state index is -4.54. The van der Waals surface area contributed by atoms with Gasteiger partial charge in [-0.2, -0.15) is 8.42 Å². The minimum absolute atomic E-state index is 0.0997. The Morgan fingerprint density at radius 2 is 1.52 bits per heavy atom. The van der Waals surface area contributed by atoms with Crippen LogP contribution in [0.25, 0.3) is 12.2 Å². The Bertz CT molecular complexity index is 1250. The van der Waals surface area contributed by atoms with Crippen LogP contribution in [0.3, 0.4) is 0 Å². The number of benzene rings is 3. The Labute approximate surface area is 155 Å². The fourth-order valence-corrected chi connectivity index (χ4v) is 3.47. The van der Waals surface area contributed by atoms with E-state index in [9.17, 15) is 28.3 Å². The molecule has 0 aliphatic heterocycles. The predicted octanol–water partition coefficient (Wildman–Crippen LogP) is 1.71. The smallest absolute Gasteiger partial charge is 0.295 e. The van der Waals surface area contributed by atoms with E-state index in [1.54, 1.807) is 18.2 Å². The number of hydrogen-bond acceptors (Lipinski definition) is 5. The Morgan fingerprint density at radius 1 is 0.815 bits per heavy atom. The number of rotatable bonds is 3. The molecule has 3 rings (SSSR count). The van der Waals surface area contributed by atoms with Crippen molar-refractivity contribution in [3.05, 3.63) is 82.2 Å². The average Bonchev–Trinajstić information content (AvgIpc) is 2.61. The molecule has 4 N–H and O–H groups in total. The fraction of sp³-hybridized carbons (Fsp3) is 0. The van der Waals surface area contributed by atoms with Gasteiger partial charge in [0.1, 0.15) is 10.6 Å². The van der Waals surface area contributed by atoms with Crippen LogP contribution in [0, 0.1) is 0 Å². The maximum absolute atomic E-state index is 11.9. The maximum Gasteiger partial charge on any atom is 0.295 e. The zero-order valence-corrected chi connectivity index (χ0v) is 14.8. The molecule has 0 aliphatic carbocycles.